The number of ketones is 1. The molecule has 0 saturated heterocycles. The van der Waals surface area contributed by atoms with Gasteiger partial charge < -0.3 is 24.1 Å². The van der Waals surface area contributed by atoms with E-state index in [1.807, 2.05) is 0 Å². The van der Waals surface area contributed by atoms with Gasteiger partial charge in [-0.1, -0.05) is 0 Å². The van der Waals surface area contributed by atoms with Crippen molar-refractivity contribution >= 4 is 16.6 Å². The van der Waals surface area contributed by atoms with E-state index in [4.69, 9.17) is 18.9 Å². The van der Waals surface area contributed by atoms with Crippen molar-refractivity contribution in [2.75, 3.05) is 21.0 Å². The number of pyridine rings is 1. The van der Waals surface area contributed by atoms with Crippen molar-refractivity contribution in [2.24, 2.45) is 0 Å². The number of phenolic OH excluding ortho intramolecular Hbond substituents is 1. The summed E-state index contributed by atoms with van der Waals surface area (Å²) in [5, 5.41) is 12.0. The molecule has 5 rings (SSSR count). The highest BCUT2D eigenvalue weighted by atomic mass is 16.7. The predicted molar refractivity (Wildman–Crippen MR) is 91.5 cm³/mol. The van der Waals surface area contributed by atoms with Crippen LogP contribution in [0, 0.1) is 0 Å². The molecule has 1 N–H and O–H groups in total. The Hall–Kier alpha value is -3.48. The minimum Gasteiger partial charge on any atom is -0.504 e. The lowest BCUT2D eigenvalue weighted by atomic mass is 9.83. The number of ether oxygens (including phenoxy) is 4. The number of aromatic hydroxyl groups is 1. The van der Waals surface area contributed by atoms with Crippen LogP contribution in [0.2, 0.25) is 0 Å². The first-order chi connectivity index (χ1) is 12.7. The molecule has 2 aromatic carbocycles. The normalized spacial score (nSPS) is 13.7. The maximum Gasteiger partial charge on any atom is 0.231 e. The molecule has 0 bridgehead atoms. The molecule has 1 aliphatic heterocycles. The van der Waals surface area contributed by atoms with E-state index in [2.05, 4.69) is 4.98 Å². The Bertz CT molecular complexity index is 1120. The van der Waals surface area contributed by atoms with Gasteiger partial charge in [0.1, 0.15) is 5.69 Å². The van der Waals surface area contributed by atoms with Gasteiger partial charge in [0.15, 0.2) is 23.0 Å². The van der Waals surface area contributed by atoms with Crippen molar-refractivity contribution in [3.05, 3.63) is 35.7 Å². The number of aromatic nitrogens is 1. The van der Waals surface area contributed by atoms with E-state index in [1.54, 1.807) is 24.4 Å². The Labute approximate surface area is 147 Å². The molecule has 1 aromatic heterocycles. The molecule has 0 amide bonds. The smallest absolute Gasteiger partial charge is 0.231 e. The Balaban J connectivity index is 2.05. The van der Waals surface area contributed by atoms with E-state index >= 15 is 0 Å². The van der Waals surface area contributed by atoms with Gasteiger partial charge in [-0.05, 0) is 18.2 Å². The fraction of sp³-hybridized carbons (Fsp3) is 0.158. The molecule has 0 spiro atoms. The standard InChI is InChI=1S/C19H13NO6/c1-23-10-4-3-8-12(16(10)22)13-11-9(5-6-20-14(11)15(8)21)17(24-2)19-18(13)25-7-26-19/h3-6,22H,7H2,1-2H3. The number of methoxy groups -OCH3 is 2. The minimum atomic E-state index is -0.281. The molecule has 2 aliphatic rings. The van der Waals surface area contributed by atoms with E-state index in [-0.39, 0.29) is 29.8 Å². The molecule has 0 saturated carbocycles. The molecule has 2 heterocycles. The Kier molecular flexibility index (Phi) is 2.86. The largest absolute Gasteiger partial charge is 0.504 e. The van der Waals surface area contributed by atoms with Crippen LogP contribution in [0.15, 0.2) is 24.4 Å². The van der Waals surface area contributed by atoms with Crippen LogP contribution >= 0.6 is 0 Å². The zero-order chi connectivity index (χ0) is 18.0. The summed E-state index contributed by atoms with van der Waals surface area (Å²) >= 11 is 0. The highest BCUT2D eigenvalue weighted by molar-refractivity contribution is 6.27. The predicted octanol–water partition coefficient (Wildman–Crippen LogP) is 2.90. The third-order valence-corrected chi connectivity index (χ3v) is 4.77. The van der Waals surface area contributed by atoms with Gasteiger partial charge >= 0.3 is 0 Å². The molecule has 1 aliphatic carbocycles. The maximum absolute atomic E-state index is 13.0. The van der Waals surface area contributed by atoms with Gasteiger partial charge in [0.05, 0.1) is 14.2 Å². The molecular weight excluding hydrogens is 338 g/mol. The van der Waals surface area contributed by atoms with Gasteiger partial charge in [-0.25, -0.2) is 0 Å². The SMILES string of the molecule is COc1ccc2c(c1O)-c1c3c(c(OC)c4ccnc(c14)C2=O)OCO3. The molecule has 130 valence electrons. The highest BCUT2D eigenvalue weighted by Gasteiger charge is 2.37. The quantitative estimate of drug-likeness (QED) is 0.594. The van der Waals surface area contributed by atoms with Crippen LogP contribution in [-0.4, -0.2) is 36.9 Å². The fourth-order valence-corrected chi connectivity index (χ4v) is 3.69. The van der Waals surface area contributed by atoms with E-state index in [0.717, 1.165) is 0 Å². The summed E-state index contributed by atoms with van der Waals surface area (Å²) in [5.41, 5.74) is 1.52. The molecule has 26 heavy (non-hydrogen) atoms. The molecular formula is C19H13NO6. The van der Waals surface area contributed by atoms with E-state index < -0.39 is 0 Å². The van der Waals surface area contributed by atoms with Crippen LogP contribution < -0.4 is 18.9 Å². The van der Waals surface area contributed by atoms with E-state index in [0.29, 0.717) is 44.7 Å². The van der Waals surface area contributed by atoms with Crippen LogP contribution in [0.1, 0.15) is 16.1 Å². The fourth-order valence-electron chi connectivity index (χ4n) is 3.69. The summed E-state index contributed by atoms with van der Waals surface area (Å²) in [7, 11) is 2.98. The monoisotopic (exact) mass is 351 g/mol. The zero-order valence-electron chi connectivity index (χ0n) is 14.0. The van der Waals surface area contributed by atoms with Crippen molar-refractivity contribution < 1.29 is 28.8 Å². The number of hydrogen-bond acceptors (Lipinski definition) is 7. The zero-order valence-corrected chi connectivity index (χ0v) is 14.0. The first-order valence-corrected chi connectivity index (χ1v) is 7.90. The number of phenols is 1. The van der Waals surface area contributed by atoms with Crippen molar-refractivity contribution in [3.63, 3.8) is 0 Å². The second-order valence-corrected chi connectivity index (χ2v) is 5.92. The topological polar surface area (TPSA) is 87.1 Å². The number of carbonyl (C=O) groups excluding carboxylic acids is 1. The van der Waals surface area contributed by atoms with Gasteiger partial charge in [0.25, 0.3) is 0 Å². The van der Waals surface area contributed by atoms with Crippen LogP contribution in [0.25, 0.3) is 21.9 Å². The first kappa shape index (κ1) is 14.8. The summed E-state index contributed by atoms with van der Waals surface area (Å²) in [5.74, 6) is 1.18. The molecule has 0 fully saturated rings. The molecule has 3 aromatic rings. The lowest BCUT2D eigenvalue weighted by Crippen LogP contribution is -2.13. The molecule has 0 radical (unpaired) electrons. The highest BCUT2D eigenvalue weighted by Crippen LogP contribution is 2.58. The molecule has 0 atom stereocenters. The third-order valence-electron chi connectivity index (χ3n) is 4.77. The van der Waals surface area contributed by atoms with Crippen molar-refractivity contribution in [1.82, 2.24) is 4.98 Å². The van der Waals surface area contributed by atoms with Crippen LogP contribution in [-0.2, 0) is 0 Å². The average Bonchev–Trinajstić information content (AvgIpc) is 3.14. The number of rotatable bonds is 2. The van der Waals surface area contributed by atoms with Gasteiger partial charge in [-0.3, -0.25) is 9.78 Å². The van der Waals surface area contributed by atoms with Gasteiger partial charge in [-0.15, -0.1) is 0 Å². The third kappa shape index (κ3) is 1.62. The molecule has 0 unspecified atom stereocenters. The summed E-state index contributed by atoms with van der Waals surface area (Å²) in [6.07, 6.45) is 1.55. The Morgan fingerprint density at radius 3 is 2.65 bits per heavy atom. The molecule has 7 heteroatoms. The summed E-state index contributed by atoms with van der Waals surface area (Å²) in [6.45, 7) is 0.0196. The number of hydrogen-bond donors (Lipinski definition) is 1. The first-order valence-electron chi connectivity index (χ1n) is 7.90. The maximum atomic E-state index is 13.0. The Morgan fingerprint density at radius 2 is 1.88 bits per heavy atom. The number of nitrogens with zero attached hydrogens (tertiary/aromatic N) is 1. The van der Waals surface area contributed by atoms with E-state index in [1.165, 1.54) is 14.2 Å². The summed E-state index contributed by atoms with van der Waals surface area (Å²) < 4.78 is 22.0. The lowest BCUT2D eigenvalue weighted by Gasteiger charge is -2.23. The number of fused-ring (bicyclic) bond motifs is 4. The van der Waals surface area contributed by atoms with Crippen molar-refractivity contribution in [2.45, 2.75) is 0 Å². The van der Waals surface area contributed by atoms with Gasteiger partial charge in [0, 0.05) is 33.7 Å². The van der Waals surface area contributed by atoms with Crippen LogP contribution in [0.3, 0.4) is 0 Å². The van der Waals surface area contributed by atoms with Crippen molar-refractivity contribution in [3.8, 4) is 39.9 Å². The van der Waals surface area contributed by atoms with Crippen LogP contribution in [0.5, 0.6) is 28.7 Å². The molecule has 7 nitrogen and oxygen atoms in total. The second kappa shape index (κ2) is 5.01. The van der Waals surface area contributed by atoms with E-state index in [9.17, 15) is 9.90 Å². The minimum absolute atomic E-state index is 0.0196. The number of benzene rings is 2. The number of carbonyl (C=O) groups is 1. The lowest BCUT2D eigenvalue weighted by molar-refractivity contribution is 0.103. The van der Waals surface area contributed by atoms with Gasteiger partial charge in [-0.2, -0.15) is 0 Å². The average molecular weight is 351 g/mol. The van der Waals surface area contributed by atoms with Crippen molar-refractivity contribution in [1.29, 1.82) is 0 Å². The second-order valence-electron chi connectivity index (χ2n) is 5.92. The van der Waals surface area contributed by atoms with Crippen LogP contribution in [0.4, 0.5) is 0 Å². The van der Waals surface area contributed by atoms with Gasteiger partial charge in [0.2, 0.25) is 18.3 Å². The summed E-state index contributed by atoms with van der Waals surface area (Å²) in [6, 6.07) is 4.92. The summed E-state index contributed by atoms with van der Waals surface area (Å²) in [4.78, 5) is 17.3. The Morgan fingerprint density at radius 1 is 1.08 bits per heavy atom.